The molecule has 1 spiro atoms. The van der Waals surface area contributed by atoms with Gasteiger partial charge in [-0.05, 0) is 85.8 Å². The molecule has 0 radical (unpaired) electrons. The highest BCUT2D eigenvalue weighted by atomic mass is 16.5. The zero-order valence-corrected chi connectivity index (χ0v) is 23.8. The number of benzene rings is 2. The molecule has 8 nitrogen and oxygen atoms in total. The van der Waals surface area contributed by atoms with Crippen LogP contribution in [0.4, 0.5) is 5.69 Å². The number of aromatic nitrogens is 4. The third kappa shape index (κ3) is 5.17. The number of amides is 1. The van der Waals surface area contributed by atoms with Crippen molar-refractivity contribution in [2.45, 2.75) is 58.0 Å². The van der Waals surface area contributed by atoms with Gasteiger partial charge in [0.1, 0.15) is 11.5 Å². The summed E-state index contributed by atoms with van der Waals surface area (Å²) >= 11 is 0. The normalized spacial score (nSPS) is 19.8. The van der Waals surface area contributed by atoms with E-state index >= 15 is 0 Å². The molecule has 41 heavy (non-hydrogen) atoms. The van der Waals surface area contributed by atoms with Gasteiger partial charge in [-0.25, -0.2) is 4.98 Å². The topological polar surface area (TPSA) is 77.2 Å². The zero-order chi connectivity index (χ0) is 27.8. The molecule has 1 N–H and O–H groups in total. The Kier molecular flexibility index (Phi) is 6.87. The van der Waals surface area contributed by atoms with Gasteiger partial charge in [0.25, 0.3) is 5.91 Å². The molecule has 0 aliphatic carbocycles. The van der Waals surface area contributed by atoms with Gasteiger partial charge in [0.2, 0.25) is 0 Å². The Morgan fingerprint density at radius 1 is 1.05 bits per heavy atom. The predicted molar refractivity (Wildman–Crippen MR) is 159 cm³/mol. The zero-order valence-electron chi connectivity index (χ0n) is 23.8. The standard InChI is InChI=1S/C33H38N6O2/c1-24-4-2-3-5-26(24)23-38-16-10-29(36-38)32(40)35-28-9-7-25-6-8-27(22-30(25)39-19-15-34-31(28)39)37-17-11-33(12-18-37)13-20-41-21-14-33/h2-6,8,10,15-16,19,22,28H,7,9,11-14,17-18,20-21,23H2,1H3,(H,35,40). The maximum absolute atomic E-state index is 13.3. The smallest absolute Gasteiger partial charge is 0.272 e. The van der Waals surface area contributed by atoms with Gasteiger partial charge >= 0.3 is 0 Å². The molecular weight excluding hydrogens is 512 g/mol. The van der Waals surface area contributed by atoms with E-state index in [2.05, 4.69) is 57.1 Å². The third-order valence-electron chi connectivity index (χ3n) is 9.53. The monoisotopic (exact) mass is 550 g/mol. The van der Waals surface area contributed by atoms with Crippen LogP contribution in [0.3, 0.4) is 0 Å². The lowest BCUT2D eigenvalue weighted by molar-refractivity contribution is 0.00212. The van der Waals surface area contributed by atoms with E-state index in [1.54, 1.807) is 6.07 Å². The summed E-state index contributed by atoms with van der Waals surface area (Å²) in [7, 11) is 0. The molecule has 3 aliphatic heterocycles. The molecule has 2 aromatic carbocycles. The Hall–Kier alpha value is -3.91. The molecule has 2 saturated heterocycles. The van der Waals surface area contributed by atoms with Crippen LogP contribution in [0.25, 0.3) is 5.69 Å². The van der Waals surface area contributed by atoms with Crippen LogP contribution in [0.5, 0.6) is 0 Å². The van der Waals surface area contributed by atoms with Gasteiger partial charge < -0.3 is 19.5 Å². The summed E-state index contributed by atoms with van der Waals surface area (Å²) in [6.45, 7) is 6.73. The Morgan fingerprint density at radius 3 is 2.71 bits per heavy atom. The molecule has 0 saturated carbocycles. The van der Waals surface area contributed by atoms with Gasteiger partial charge in [0.05, 0.1) is 18.3 Å². The van der Waals surface area contributed by atoms with E-state index in [1.165, 1.54) is 53.7 Å². The van der Waals surface area contributed by atoms with Crippen LogP contribution in [-0.2, 0) is 17.7 Å². The number of hydrogen-bond donors (Lipinski definition) is 1. The number of imidazole rings is 1. The number of nitrogens with one attached hydrogen (secondary N) is 1. The van der Waals surface area contributed by atoms with Gasteiger partial charge in [0, 0.05) is 50.6 Å². The average molecular weight is 551 g/mol. The van der Waals surface area contributed by atoms with Crippen molar-refractivity contribution in [3.8, 4) is 5.69 Å². The molecule has 3 aliphatic rings. The quantitative estimate of drug-likeness (QED) is 0.368. The summed E-state index contributed by atoms with van der Waals surface area (Å²) in [5.41, 5.74) is 7.02. The number of hydrogen-bond acceptors (Lipinski definition) is 5. The largest absolute Gasteiger partial charge is 0.381 e. The van der Waals surface area contributed by atoms with Crippen molar-refractivity contribution in [3.05, 3.63) is 95.3 Å². The molecule has 1 unspecified atom stereocenters. The number of nitrogens with zero attached hydrogens (tertiary/aromatic N) is 5. The number of carbonyl (C=O) groups excluding carboxylic acids is 1. The molecule has 1 atom stereocenters. The van der Waals surface area contributed by atoms with Crippen LogP contribution >= 0.6 is 0 Å². The Balaban J connectivity index is 1.06. The van der Waals surface area contributed by atoms with Crippen molar-refractivity contribution >= 4 is 11.6 Å². The fourth-order valence-corrected chi connectivity index (χ4v) is 6.84. The summed E-state index contributed by atoms with van der Waals surface area (Å²) < 4.78 is 9.63. The third-order valence-corrected chi connectivity index (χ3v) is 9.53. The maximum atomic E-state index is 13.3. The van der Waals surface area contributed by atoms with E-state index in [4.69, 9.17) is 9.72 Å². The molecule has 7 rings (SSSR count). The van der Waals surface area contributed by atoms with Gasteiger partial charge in [-0.15, -0.1) is 0 Å². The van der Waals surface area contributed by atoms with Crippen molar-refractivity contribution in [2.24, 2.45) is 5.41 Å². The Bertz CT molecular complexity index is 1540. The van der Waals surface area contributed by atoms with Crippen molar-refractivity contribution in [1.82, 2.24) is 24.6 Å². The van der Waals surface area contributed by atoms with Crippen LogP contribution in [0.2, 0.25) is 0 Å². The SMILES string of the molecule is Cc1ccccc1Cn1ccc(C(=O)NC2CCc3ccc(N4CCC5(CCOCC5)CC4)cc3-n3ccnc32)n1. The summed E-state index contributed by atoms with van der Waals surface area (Å²) in [6.07, 6.45) is 12.2. The molecule has 212 valence electrons. The number of carbonyl (C=O) groups is 1. The number of fused-ring (bicyclic) bond motifs is 3. The van der Waals surface area contributed by atoms with Crippen molar-refractivity contribution in [2.75, 3.05) is 31.2 Å². The average Bonchev–Trinajstić information content (AvgIpc) is 3.65. The van der Waals surface area contributed by atoms with Crippen LogP contribution in [-0.4, -0.2) is 51.5 Å². The summed E-state index contributed by atoms with van der Waals surface area (Å²) in [5.74, 6) is 0.698. The molecule has 0 bridgehead atoms. The molecule has 1 amide bonds. The van der Waals surface area contributed by atoms with Gasteiger partial charge in [-0.2, -0.15) is 5.10 Å². The second kappa shape index (κ2) is 10.8. The first kappa shape index (κ1) is 26.0. The Labute approximate surface area is 241 Å². The molecule has 2 fully saturated rings. The van der Waals surface area contributed by atoms with Crippen LogP contribution < -0.4 is 10.2 Å². The lowest BCUT2D eigenvalue weighted by Crippen LogP contribution is -2.43. The predicted octanol–water partition coefficient (Wildman–Crippen LogP) is 5.24. The fourth-order valence-electron chi connectivity index (χ4n) is 6.84. The molecule has 5 heterocycles. The van der Waals surface area contributed by atoms with E-state index in [9.17, 15) is 4.79 Å². The van der Waals surface area contributed by atoms with Crippen LogP contribution in [0.15, 0.2) is 67.1 Å². The van der Waals surface area contributed by atoms with E-state index in [0.29, 0.717) is 17.7 Å². The minimum atomic E-state index is -0.196. The minimum Gasteiger partial charge on any atom is -0.381 e. The highest BCUT2D eigenvalue weighted by Crippen LogP contribution is 2.42. The number of ether oxygens (including phenoxy) is 1. The van der Waals surface area contributed by atoms with Gasteiger partial charge in [-0.3, -0.25) is 9.48 Å². The second-order valence-electron chi connectivity index (χ2n) is 12.0. The number of rotatable bonds is 5. The highest BCUT2D eigenvalue weighted by Gasteiger charge is 2.36. The van der Waals surface area contributed by atoms with E-state index in [1.807, 2.05) is 35.4 Å². The first-order chi connectivity index (χ1) is 20.1. The molecular formula is C33H38N6O2. The molecule has 2 aromatic heterocycles. The van der Waals surface area contributed by atoms with E-state index in [0.717, 1.165) is 45.0 Å². The highest BCUT2D eigenvalue weighted by molar-refractivity contribution is 5.92. The van der Waals surface area contributed by atoms with Gasteiger partial charge in [0.15, 0.2) is 0 Å². The maximum Gasteiger partial charge on any atom is 0.272 e. The van der Waals surface area contributed by atoms with Gasteiger partial charge in [-0.1, -0.05) is 30.3 Å². The van der Waals surface area contributed by atoms with Crippen LogP contribution in [0.1, 0.15) is 71.1 Å². The van der Waals surface area contributed by atoms with Crippen LogP contribution in [0, 0.1) is 12.3 Å². The minimum absolute atomic E-state index is 0.171. The lowest BCUT2D eigenvalue weighted by Gasteiger charge is -2.45. The summed E-state index contributed by atoms with van der Waals surface area (Å²) in [4.78, 5) is 20.6. The number of piperidine rings is 1. The summed E-state index contributed by atoms with van der Waals surface area (Å²) in [5, 5.41) is 7.81. The van der Waals surface area contributed by atoms with Crippen molar-refractivity contribution < 1.29 is 9.53 Å². The Morgan fingerprint density at radius 2 is 1.88 bits per heavy atom. The summed E-state index contributed by atoms with van der Waals surface area (Å²) in [6, 6.07) is 16.7. The molecule has 8 heteroatoms. The van der Waals surface area contributed by atoms with E-state index < -0.39 is 0 Å². The van der Waals surface area contributed by atoms with Crippen molar-refractivity contribution in [1.29, 1.82) is 0 Å². The number of aryl methyl sites for hydroxylation is 2. The first-order valence-electron chi connectivity index (χ1n) is 15.0. The number of anilines is 1. The molecule has 4 aromatic rings. The van der Waals surface area contributed by atoms with Crippen molar-refractivity contribution in [3.63, 3.8) is 0 Å². The fraction of sp³-hybridized carbons (Fsp3) is 0.424. The second-order valence-corrected chi connectivity index (χ2v) is 12.0. The van der Waals surface area contributed by atoms with E-state index in [-0.39, 0.29) is 11.9 Å². The lowest BCUT2D eigenvalue weighted by atomic mass is 9.72. The first-order valence-corrected chi connectivity index (χ1v) is 15.0.